The minimum absolute atomic E-state index is 0.258. The van der Waals surface area contributed by atoms with E-state index in [0.29, 0.717) is 30.2 Å². The summed E-state index contributed by atoms with van der Waals surface area (Å²) in [6.07, 6.45) is 1.16. The minimum Gasteiger partial charge on any atom is -0.444 e. The van der Waals surface area contributed by atoms with Crippen LogP contribution in [-0.4, -0.2) is 44.6 Å². The van der Waals surface area contributed by atoms with Crippen LogP contribution in [0, 0.1) is 0 Å². The molecule has 0 unspecified atom stereocenters. The molecular formula is C23H25N5O3S. The Kier molecular flexibility index (Phi) is 4.74. The Balaban J connectivity index is 1.47. The Labute approximate surface area is 188 Å². The average molecular weight is 452 g/mol. The molecule has 0 saturated heterocycles. The van der Waals surface area contributed by atoms with Crippen molar-refractivity contribution in [1.82, 2.24) is 19.9 Å². The number of H-pyrrole nitrogens is 2. The molecule has 0 spiro atoms. The van der Waals surface area contributed by atoms with Crippen LogP contribution in [0.2, 0.25) is 0 Å². The summed E-state index contributed by atoms with van der Waals surface area (Å²) in [5.41, 5.74) is 10.3. The van der Waals surface area contributed by atoms with Gasteiger partial charge < -0.3 is 25.3 Å². The fraction of sp³-hybridized carbons (Fsp3) is 0.348. The van der Waals surface area contributed by atoms with Gasteiger partial charge in [-0.15, -0.1) is 11.3 Å². The molecule has 166 valence electrons. The highest BCUT2D eigenvalue weighted by Gasteiger charge is 2.25. The van der Waals surface area contributed by atoms with Crippen LogP contribution < -0.4 is 11.3 Å². The maximum absolute atomic E-state index is 12.7. The Morgan fingerprint density at radius 2 is 1.91 bits per heavy atom. The number of nitrogen functional groups attached to an aromatic ring is 1. The number of nitrogens with two attached hydrogens (primary N) is 1. The maximum Gasteiger partial charge on any atom is 0.410 e. The summed E-state index contributed by atoms with van der Waals surface area (Å²) < 4.78 is 5.53. The van der Waals surface area contributed by atoms with E-state index in [-0.39, 0.29) is 11.7 Å². The number of aromatic amines is 2. The number of imidazole rings is 1. The second-order valence-corrected chi connectivity index (χ2v) is 10.0. The van der Waals surface area contributed by atoms with Crippen molar-refractivity contribution >= 4 is 44.4 Å². The Bertz CT molecular complexity index is 1360. The van der Waals surface area contributed by atoms with Crippen molar-refractivity contribution in [2.24, 2.45) is 0 Å². The lowest BCUT2D eigenvalue weighted by molar-refractivity contribution is 0.0258. The molecule has 32 heavy (non-hydrogen) atoms. The van der Waals surface area contributed by atoms with Gasteiger partial charge in [0, 0.05) is 18.5 Å². The van der Waals surface area contributed by atoms with E-state index in [0.717, 1.165) is 45.2 Å². The van der Waals surface area contributed by atoms with Crippen LogP contribution in [0.15, 0.2) is 28.4 Å². The van der Waals surface area contributed by atoms with Crippen LogP contribution >= 0.6 is 11.3 Å². The van der Waals surface area contributed by atoms with Crippen molar-refractivity contribution in [3.8, 4) is 11.4 Å². The molecule has 0 fully saturated rings. The number of thiophene rings is 1. The van der Waals surface area contributed by atoms with Gasteiger partial charge in [0.2, 0.25) is 0 Å². The van der Waals surface area contributed by atoms with E-state index in [1.807, 2.05) is 38.3 Å². The molecule has 0 saturated carbocycles. The van der Waals surface area contributed by atoms with Crippen LogP contribution in [0.25, 0.3) is 32.6 Å². The molecule has 3 aromatic heterocycles. The average Bonchev–Trinajstić information content (AvgIpc) is 3.27. The number of nitrogens with one attached hydrogen (secondary N) is 2. The number of anilines is 1. The third-order valence-corrected chi connectivity index (χ3v) is 6.50. The van der Waals surface area contributed by atoms with E-state index < -0.39 is 5.60 Å². The topological polar surface area (TPSA) is 117 Å². The highest BCUT2D eigenvalue weighted by molar-refractivity contribution is 7.16. The van der Waals surface area contributed by atoms with Gasteiger partial charge in [-0.1, -0.05) is 0 Å². The van der Waals surface area contributed by atoms with Crippen molar-refractivity contribution in [1.29, 1.82) is 0 Å². The predicted octanol–water partition coefficient (Wildman–Crippen LogP) is 4.05. The van der Waals surface area contributed by atoms with Gasteiger partial charge >= 0.3 is 6.09 Å². The highest BCUT2D eigenvalue weighted by Crippen LogP contribution is 2.31. The lowest BCUT2D eigenvalue weighted by Gasteiger charge is -2.26. The van der Waals surface area contributed by atoms with Crippen LogP contribution in [0.4, 0.5) is 10.5 Å². The molecule has 5 rings (SSSR count). The van der Waals surface area contributed by atoms with Crippen LogP contribution in [0.5, 0.6) is 0 Å². The van der Waals surface area contributed by atoms with Gasteiger partial charge in [-0.2, -0.15) is 0 Å². The van der Waals surface area contributed by atoms with Crippen LogP contribution in [-0.2, 0) is 17.6 Å². The molecule has 1 aliphatic heterocycles. The molecule has 1 aliphatic rings. The third kappa shape index (κ3) is 3.62. The van der Waals surface area contributed by atoms with Crippen molar-refractivity contribution in [2.45, 2.75) is 39.2 Å². The lowest BCUT2D eigenvalue weighted by atomic mass is 10.0. The maximum atomic E-state index is 12.7. The van der Waals surface area contributed by atoms with Gasteiger partial charge in [-0.05, 0) is 68.3 Å². The van der Waals surface area contributed by atoms with E-state index in [9.17, 15) is 9.59 Å². The summed E-state index contributed by atoms with van der Waals surface area (Å²) in [6.45, 7) is 6.80. The number of benzene rings is 1. The zero-order chi connectivity index (χ0) is 22.6. The standard InChI is InChI=1S/C23H25N5O3S/c1-23(2,3)31-22(30)28-7-4-12-10-15-16(11-13(12)5-8-28)26-19(25-15)17-18(24)14-6-9-32-21(14)27-20(17)29/h6,9-11H,4-5,7-8H2,1-3H3,(H,25,26)(H3,24,27,29). The molecule has 0 radical (unpaired) electrons. The van der Waals surface area contributed by atoms with E-state index in [2.05, 4.69) is 21.0 Å². The molecule has 8 nitrogen and oxygen atoms in total. The van der Waals surface area contributed by atoms with E-state index in [1.165, 1.54) is 11.3 Å². The van der Waals surface area contributed by atoms with Crippen molar-refractivity contribution in [3.05, 3.63) is 45.1 Å². The largest absolute Gasteiger partial charge is 0.444 e. The minimum atomic E-state index is -0.516. The normalized spacial score (nSPS) is 14.5. The van der Waals surface area contributed by atoms with E-state index in [4.69, 9.17) is 10.5 Å². The first kappa shape index (κ1) is 20.6. The number of carbonyl (C=O) groups excluding carboxylic acids is 1. The lowest BCUT2D eigenvalue weighted by Crippen LogP contribution is -2.38. The zero-order valence-electron chi connectivity index (χ0n) is 18.2. The first-order valence-corrected chi connectivity index (χ1v) is 11.5. The molecule has 0 atom stereocenters. The van der Waals surface area contributed by atoms with Crippen molar-refractivity contribution < 1.29 is 9.53 Å². The number of nitrogens with zero attached hydrogens (tertiary/aromatic N) is 2. The highest BCUT2D eigenvalue weighted by atomic mass is 32.1. The molecule has 0 bridgehead atoms. The third-order valence-electron chi connectivity index (χ3n) is 5.67. The van der Waals surface area contributed by atoms with Gasteiger partial charge in [-0.25, -0.2) is 9.78 Å². The van der Waals surface area contributed by atoms with Gasteiger partial charge in [0.15, 0.2) is 0 Å². The first-order valence-electron chi connectivity index (χ1n) is 10.6. The summed E-state index contributed by atoms with van der Waals surface area (Å²) in [5.74, 6) is 0.461. The summed E-state index contributed by atoms with van der Waals surface area (Å²) in [4.78, 5) is 38.5. The molecule has 1 aromatic carbocycles. The van der Waals surface area contributed by atoms with Crippen LogP contribution in [0.3, 0.4) is 0 Å². The second-order valence-electron chi connectivity index (χ2n) is 9.10. The quantitative estimate of drug-likeness (QED) is 0.404. The number of fused-ring (bicyclic) bond motifs is 3. The number of ether oxygens (including phenoxy) is 1. The first-order chi connectivity index (χ1) is 15.2. The SMILES string of the molecule is CC(C)(C)OC(=O)N1CCc2cc3nc(-c4c(N)c5ccsc5[nH]c4=O)[nH]c3cc2CC1. The smallest absolute Gasteiger partial charge is 0.410 e. The van der Waals surface area contributed by atoms with Crippen molar-refractivity contribution in [2.75, 3.05) is 18.8 Å². The van der Waals surface area contributed by atoms with Gasteiger partial charge in [0.05, 0.1) is 16.7 Å². The molecule has 4 aromatic rings. The second kappa shape index (κ2) is 7.37. The summed E-state index contributed by atoms with van der Waals surface area (Å²) >= 11 is 1.45. The fourth-order valence-electron chi connectivity index (χ4n) is 4.14. The van der Waals surface area contributed by atoms with E-state index in [1.54, 1.807) is 4.90 Å². The summed E-state index contributed by atoms with van der Waals surface area (Å²) in [7, 11) is 0. The fourth-order valence-corrected chi connectivity index (χ4v) is 4.93. The van der Waals surface area contributed by atoms with Gasteiger partial charge in [0.25, 0.3) is 5.56 Å². The summed E-state index contributed by atoms with van der Waals surface area (Å²) in [6, 6.07) is 6.00. The zero-order valence-corrected chi connectivity index (χ0v) is 19.1. The van der Waals surface area contributed by atoms with Crippen molar-refractivity contribution in [3.63, 3.8) is 0 Å². The summed E-state index contributed by atoms with van der Waals surface area (Å²) in [5, 5.41) is 2.72. The van der Waals surface area contributed by atoms with Gasteiger partial charge in [0.1, 0.15) is 21.8 Å². The number of pyridine rings is 1. The molecule has 4 N–H and O–H groups in total. The number of aromatic nitrogens is 3. The molecular weight excluding hydrogens is 426 g/mol. The molecule has 1 amide bonds. The Hall–Kier alpha value is -3.33. The Morgan fingerprint density at radius 1 is 1.19 bits per heavy atom. The number of amides is 1. The monoisotopic (exact) mass is 451 g/mol. The number of hydrogen-bond acceptors (Lipinski definition) is 6. The molecule has 9 heteroatoms. The molecule has 0 aliphatic carbocycles. The number of carbonyl (C=O) groups is 1. The van der Waals surface area contributed by atoms with Crippen LogP contribution in [0.1, 0.15) is 31.9 Å². The molecule has 4 heterocycles. The predicted molar refractivity (Wildman–Crippen MR) is 127 cm³/mol. The van der Waals surface area contributed by atoms with E-state index >= 15 is 0 Å². The number of rotatable bonds is 1. The van der Waals surface area contributed by atoms with Gasteiger partial charge in [-0.3, -0.25) is 4.79 Å². The number of hydrogen-bond donors (Lipinski definition) is 3. The Morgan fingerprint density at radius 3 is 2.62 bits per heavy atom.